The van der Waals surface area contributed by atoms with E-state index in [0.29, 0.717) is 29.7 Å². The third-order valence-corrected chi connectivity index (χ3v) is 11.5. The summed E-state index contributed by atoms with van der Waals surface area (Å²) in [6, 6.07) is 7.59. The average molecular weight is 377 g/mol. The monoisotopic (exact) mass is 376 g/mol. The van der Waals surface area contributed by atoms with Gasteiger partial charge in [-0.3, -0.25) is 0 Å². The first-order valence-corrected chi connectivity index (χ1v) is 11.7. The Hall–Kier alpha value is -1.44. The Kier molecular flexibility index (Phi) is 8.24. The van der Waals surface area contributed by atoms with E-state index < -0.39 is 13.9 Å². The topological polar surface area (TPSA) is 27.7 Å². The largest absolute Gasteiger partial charge is 0.497 e. The lowest BCUT2D eigenvalue weighted by atomic mass is 10.1. The zero-order valence-electron chi connectivity index (χ0n) is 17.8. The molecule has 0 aliphatic heterocycles. The number of benzene rings is 1. The van der Waals surface area contributed by atoms with Crippen molar-refractivity contribution in [3.63, 3.8) is 0 Å². The van der Waals surface area contributed by atoms with Crippen LogP contribution >= 0.6 is 0 Å². The van der Waals surface area contributed by atoms with E-state index in [9.17, 15) is 0 Å². The highest BCUT2D eigenvalue weighted by atomic mass is 28.4. The zero-order chi connectivity index (χ0) is 20.0. The summed E-state index contributed by atoms with van der Waals surface area (Å²) < 4.78 is 17.9. The molecule has 1 rings (SSSR count). The molecule has 0 saturated carbocycles. The van der Waals surface area contributed by atoms with Gasteiger partial charge >= 0.3 is 0 Å². The van der Waals surface area contributed by atoms with Crippen LogP contribution in [-0.2, 0) is 4.43 Å². The normalized spacial score (nSPS) is 14.4. The van der Waals surface area contributed by atoms with E-state index in [0.717, 1.165) is 11.5 Å². The first-order chi connectivity index (χ1) is 12.1. The second-order valence-corrected chi connectivity index (χ2v) is 13.4. The summed E-state index contributed by atoms with van der Waals surface area (Å²) >= 11 is 0. The van der Waals surface area contributed by atoms with Gasteiger partial charge in [-0.25, -0.2) is 0 Å². The highest BCUT2D eigenvalue weighted by Crippen LogP contribution is 2.45. The SMILES string of the molecule is C#C[C@@](C)(CCOc1ccc(OC)cc1)O[Si](C(C)C)(C(C)C)C(C)C. The third kappa shape index (κ3) is 5.28. The summed E-state index contributed by atoms with van der Waals surface area (Å²) in [6.07, 6.45) is 6.57. The molecule has 0 aliphatic carbocycles. The maximum atomic E-state index is 6.84. The highest BCUT2D eigenvalue weighted by Gasteiger charge is 2.48. The van der Waals surface area contributed by atoms with Crippen LogP contribution in [0.3, 0.4) is 0 Å². The number of rotatable bonds is 10. The lowest BCUT2D eigenvalue weighted by molar-refractivity contribution is 0.0968. The number of methoxy groups -OCH3 is 1. The molecule has 146 valence electrons. The Morgan fingerprint density at radius 1 is 0.962 bits per heavy atom. The van der Waals surface area contributed by atoms with Gasteiger partial charge in [0.05, 0.1) is 13.7 Å². The molecule has 1 atom stereocenters. The molecule has 0 unspecified atom stereocenters. The van der Waals surface area contributed by atoms with Crippen LogP contribution in [-0.4, -0.2) is 27.6 Å². The smallest absolute Gasteiger partial charge is 0.202 e. The fraction of sp³-hybridized carbons (Fsp3) is 0.636. The van der Waals surface area contributed by atoms with Crippen molar-refractivity contribution in [1.82, 2.24) is 0 Å². The Bertz CT molecular complexity index is 565. The van der Waals surface area contributed by atoms with E-state index in [1.54, 1.807) is 7.11 Å². The molecule has 4 heteroatoms. The second kappa shape index (κ2) is 9.48. The standard InChI is InChI=1S/C22H36O3Si/c1-10-22(8,25-26(17(2)3,18(4)5)19(6)7)15-16-24-21-13-11-20(23-9)12-14-21/h1,11-14,17-19H,15-16H2,2-9H3/t22-/m0/s1. The molecule has 0 aliphatic rings. The van der Waals surface area contributed by atoms with Crippen LogP contribution in [0.1, 0.15) is 54.9 Å². The number of hydrogen-bond acceptors (Lipinski definition) is 3. The van der Waals surface area contributed by atoms with E-state index in [1.165, 1.54) is 0 Å². The minimum absolute atomic E-state index is 0.498. The fourth-order valence-corrected chi connectivity index (χ4v) is 9.58. The molecule has 0 N–H and O–H groups in total. The van der Waals surface area contributed by atoms with Crippen molar-refractivity contribution in [3.05, 3.63) is 24.3 Å². The Balaban J connectivity index is 2.84. The van der Waals surface area contributed by atoms with Crippen LogP contribution in [0.2, 0.25) is 16.6 Å². The fourth-order valence-electron chi connectivity index (χ4n) is 3.93. The molecular formula is C22H36O3Si. The second-order valence-electron chi connectivity index (χ2n) is 8.07. The molecular weight excluding hydrogens is 340 g/mol. The number of terminal acetylenes is 1. The lowest BCUT2D eigenvalue weighted by Gasteiger charge is -2.47. The molecule has 0 heterocycles. The lowest BCUT2D eigenvalue weighted by Crippen LogP contribution is -2.53. The van der Waals surface area contributed by atoms with E-state index in [-0.39, 0.29) is 0 Å². The quantitative estimate of drug-likeness (QED) is 0.367. The summed E-state index contributed by atoms with van der Waals surface area (Å²) in [5, 5.41) is 0. The highest BCUT2D eigenvalue weighted by molar-refractivity contribution is 6.77. The van der Waals surface area contributed by atoms with Gasteiger partial charge in [-0.05, 0) is 47.8 Å². The van der Waals surface area contributed by atoms with Crippen LogP contribution in [0.15, 0.2) is 24.3 Å². The van der Waals surface area contributed by atoms with Crippen LogP contribution in [0.4, 0.5) is 0 Å². The number of ether oxygens (including phenoxy) is 2. The predicted molar refractivity (Wildman–Crippen MR) is 112 cm³/mol. The van der Waals surface area contributed by atoms with E-state index in [2.05, 4.69) is 47.5 Å². The maximum absolute atomic E-state index is 6.84. The molecule has 26 heavy (non-hydrogen) atoms. The molecule has 1 aromatic carbocycles. The van der Waals surface area contributed by atoms with Crippen molar-refractivity contribution < 1.29 is 13.9 Å². The Labute approximate surface area is 161 Å². The summed E-state index contributed by atoms with van der Waals surface area (Å²) in [7, 11) is -0.388. The van der Waals surface area contributed by atoms with Gasteiger partial charge in [0.25, 0.3) is 0 Å². The molecule has 0 amide bonds. The van der Waals surface area contributed by atoms with Crippen LogP contribution in [0, 0.1) is 12.3 Å². The van der Waals surface area contributed by atoms with Gasteiger partial charge in [0.15, 0.2) is 0 Å². The molecule has 0 radical (unpaired) electrons. The molecule has 1 aromatic rings. The Morgan fingerprint density at radius 2 is 1.42 bits per heavy atom. The van der Waals surface area contributed by atoms with Crippen molar-refractivity contribution in [1.29, 1.82) is 0 Å². The van der Waals surface area contributed by atoms with E-state index >= 15 is 0 Å². The zero-order valence-corrected chi connectivity index (χ0v) is 18.8. The van der Waals surface area contributed by atoms with Crippen molar-refractivity contribution in [2.75, 3.05) is 13.7 Å². The van der Waals surface area contributed by atoms with Crippen molar-refractivity contribution in [2.45, 2.75) is 77.1 Å². The van der Waals surface area contributed by atoms with Crippen molar-refractivity contribution in [2.24, 2.45) is 0 Å². The predicted octanol–water partition coefficient (Wildman–Crippen LogP) is 6.05. The number of hydrogen-bond donors (Lipinski definition) is 0. The molecule has 0 bridgehead atoms. The first kappa shape index (κ1) is 22.6. The summed E-state index contributed by atoms with van der Waals surface area (Å²) in [5.41, 5.74) is 0.880. The summed E-state index contributed by atoms with van der Waals surface area (Å²) in [6.45, 7) is 16.2. The molecule has 0 fully saturated rings. The first-order valence-electron chi connectivity index (χ1n) is 9.56. The van der Waals surface area contributed by atoms with E-state index in [1.807, 2.05) is 31.2 Å². The minimum atomic E-state index is -2.04. The summed E-state index contributed by atoms with van der Waals surface area (Å²) in [5.74, 6) is 4.54. The van der Waals surface area contributed by atoms with Crippen molar-refractivity contribution in [3.8, 4) is 23.8 Å². The molecule has 0 spiro atoms. The van der Waals surface area contributed by atoms with Crippen LogP contribution in [0.25, 0.3) is 0 Å². The van der Waals surface area contributed by atoms with Crippen molar-refractivity contribution >= 4 is 8.32 Å². The van der Waals surface area contributed by atoms with E-state index in [4.69, 9.17) is 20.3 Å². The minimum Gasteiger partial charge on any atom is -0.497 e. The maximum Gasteiger partial charge on any atom is 0.202 e. The van der Waals surface area contributed by atoms with Gasteiger partial charge < -0.3 is 13.9 Å². The molecule has 0 saturated heterocycles. The van der Waals surface area contributed by atoms with Gasteiger partial charge in [-0.1, -0.05) is 47.5 Å². The van der Waals surface area contributed by atoms with Gasteiger partial charge in [-0.15, -0.1) is 6.42 Å². The average Bonchev–Trinajstić information content (AvgIpc) is 2.59. The molecule has 3 nitrogen and oxygen atoms in total. The van der Waals surface area contributed by atoms with Gasteiger partial charge in [0.2, 0.25) is 8.32 Å². The van der Waals surface area contributed by atoms with Gasteiger partial charge in [0, 0.05) is 6.42 Å². The van der Waals surface area contributed by atoms with Crippen LogP contribution < -0.4 is 9.47 Å². The van der Waals surface area contributed by atoms with Gasteiger partial charge in [-0.2, -0.15) is 0 Å². The van der Waals surface area contributed by atoms with Crippen LogP contribution in [0.5, 0.6) is 11.5 Å². The summed E-state index contributed by atoms with van der Waals surface area (Å²) in [4.78, 5) is 0. The Morgan fingerprint density at radius 3 is 1.81 bits per heavy atom. The third-order valence-electron chi connectivity index (χ3n) is 5.32. The van der Waals surface area contributed by atoms with Gasteiger partial charge in [0.1, 0.15) is 17.1 Å². The molecule has 0 aromatic heterocycles.